The van der Waals surface area contributed by atoms with Crippen molar-refractivity contribution in [2.24, 2.45) is 11.8 Å². The normalized spacial score (nSPS) is 20.3. The van der Waals surface area contributed by atoms with E-state index in [0.29, 0.717) is 25.7 Å². The smallest absolute Gasteiger partial charge is 0.225 e. The Morgan fingerprint density at radius 3 is 2.72 bits per heavy atom. The molecule has 0 saturated carbocycles. The summed E-state index contributed by atoms with van der Waals surface area (Å²) >= 11 is 0. The minimum absolute atomic E-state index is 0.0303. The third-order valence-electron chi connectivity index (χ3n) is 4.77. The summed E-state index contributed by atoms with van der Waals surface area (Å²) < 4.78 is 5.25. The predicted molar refractivity (Wildman–Crippen MR) is 92.9 cm³/mol. The molecular formula is C18H21N5O2. The fourth-order valence-corrected chi connectivity index (χ4v) is 3.19. The first-order valence-corrected chi connectivity index (χ1v) is 8.64. The second kappa shape index (κ2) is 7.14. The first kappa shape index (κ1) is 16.0. The summed E-state index contributed by atoms with van der Waals surface area (Å²) in [7, 11) is 0. The molecule has 7 heteroatoms. The number of carbonyl (C=O) groups excluding carboxylic acids is 1. The third kappa shape index (κ3) is 3.61. The Kier molecular flexibility index (Phi) is 4.56. The highest BCUT2D eigenvalue weighted by molar-refractivity contribution is 5.79. The molecule has 0 spiro atoms. The average Bonchev–Trinajstić information content (AvgIpc) is 3.16. The van der Waals surface area contributed by atoms with Crippen molar-refractivity contribution < 1.29 is 9.53 Å². The number of nitrogens with one attached hydrogen (secondary N) is 1. The van der Waals surface area contributed by atoms with Crippen molar-refractivity contribution >= 4 is 11.7 Å². The van der Waals surface area contributed by atoms with Crippen LogP contribution in [0, 0.1) is 11.8 Å². The standard InChI is InChI=1S/C18H21N5O2/c24-18(15-5-8-25-12-15)20-9-13-10-23(11-13)17-2-1-16(21-22-17)14-3-6-19-7-4-14/h1-4,6-7,13,15H,5,8-12H2,(H,20,24). The zero-order valence-corrected chi connectivity index (χ0v) is 14.0. The fraction of sp³-hybridized carbons (Fsp3) is 0.444. The highest BCUT2D eigenvalue weighted by Gasteiger charge is 2.30. The van der Waals surface area contributed by atoms with Gasteiger partial charge in [0.1, 0.15) is 0 Å². The van der Waals surface area contributed by atoms with Gasteiger partial charge >= 0.3 is 0 Å². The molecule has 0 aliphatic carbocycles. The van der Waals surface area contributed by atoms with Crippen LogP contribution in [0.1, 0.15) is 6.42 Å². The summed E-state index contributed by atoms with van der Waals surface area (Å²) in [6.45, 7) is 3.76. The topological polar surface area (TPSA) is 80.2 Å². The number of pyridine rings is 1. The van der Waals surface area contributed by atoms with Crippen LogP contribution in [0.25, 0.3) is 11.3 Å². The van der Waals surface area contributed by atoms with Crippen molar-refractivity contribution in [1.29, 1.82) is 0 Å². The third-order valence-corrected chi connectivity index (χ3v) is 4.77. The van der Waals surface area contributed by atoms with Gasteiger partial charge in [0.2, 0.25) is 5.91 Å². The lowest BCUT2D eigenvalue weighted by molar-refractivity contribution is -0.125. The Hall–Kier alpha value is -2.54. The molecule has 2 aromatic rings. The quantitative estimate of drug-likeness (QED) is 0.879. The van der Waals surface area contributed by atoms with Crippen LogP contribution in [0.4, 0.5) is 5.82 Å². The second-order valence-electron chi connectivity index (χ2n) is 6.59. The van der Waals surface area contributed by atoms with Crippen molar-refractivity contribution in [3.8, 4) is 11.3 Å². The molecule has 0 bridgehead atoms. The van der Waals surface area contributed by atoms with Gasteiger partial charge < -0.3 is 15.0 Å². The van der Waals surface area contributed by atoms with Crippen LogP contribution in [0.3, 0.4) is 0 Å². The van der Waals surface area contributed by atoms with Gasteiger partial charge in [-0.05, 0) is 30.7 Å². The Balaban J connectivity index is 1.25. The maximum atomic E-state index is 12.0. The van der Waals surface area contributed by atoms with Gasteiger partial charge in [-0.1, -0.05) is 0 Å². The molecule has 4 rings (SSSR count). The lowest BCUT2D eigenvalue weighted by Gasteiger charge is -2.40. The number of aromatic nitrogens is 3. The summed E-state index contributed by atoms with van der Waals surface area (Å²) in [5.74, 6) is 1.50. The first-order valence-electron chi connectivity index (χ1n) is 8.64. The van der Waals surface area contributed by atoms with E-state index >= 15 is 0 Å². The van der Waals surface area contributed by atoms with E-state index in [9.17, 15) is 4.79 Å². The molecule has 2 saturated heterocycles. The molecular weight excluding hydrogens is 318 g/mol. The Morgan fingerprint density at radius 1 is 1.20 bits per heavy atom. The van der Waals surface area contributed by atoms with Gasteiger partial charge in [-0.3, -0.25) is 9.78 Å². The van der Waals surface area contributed by atoms with Crippen molar-refractivity contribution in [2.75, 3.05) is 37.7 Å². The van der Waals surface area contributed by atoms with Crippen LogP contribution < -0.4 is 10.2 Å². The largest absolute Gasteiger partial charge is 0.381 e. The van der Waals surface area contributed by atoms with E-state index in [1.54, 1.807) is 12.4 Å². The van der Waals surface area contributed by atoms with Gasteiger partial charge in [-0.15, -0.1) is 10.2 Å². The maximum Gasteiger partial charge on any atom is 0.225 e. The molecule has 130 valence electrons. The summed E-state index contributed by atoms with van der Waals surface area (Å²) in [5, 5.41) is 11.7. The van der Waals surface area contributed by atoms with Gasteiger partial charge in [0.05, 0.1) is 18.2 Å². The zero-order valence-electron chi connectivity index (χ0n) is 14.0. The molecule has 2 aliphatic rings. The zero-order chi connectivity index (χ0) is 17.1. The molecule has 1 amide bonds. The average molecular weight is 339 g/mol. The molecule has 25 heavy (non-hydrogen) atoms. The van der Waals surface area contributed by atoms with Gasteiger partial charge in [0.25, 0.3) is 0 Å². The number of anilines is 1. The van der Waals surface area contributed by atoms with Gasteiger partial charge in [0.15, 0.2) is 5.82 Å². The highest BCUT2D eigenvalue weighted by Crippen LogP contribution is 2.24. The predicted octanol–water partition coefficient (Wildman–Crippen LogP) is 1.13. The van der Waals surface area contributed by atoms with Crippen LogP contribution in [-0.4, -0.2) is 53.9 Å². The molecule has 0 aromatic carbocycles. The SMILES string of the molecule is O=C(NCC1CN(c2ccc(-c3ccncc3)nn2)C1)C1CCOC1. The number of nitrogens with zero attached hydrogens (tertiary/aromatic N) is 4. The summed E-state index contributed by atoms with van der Waals surface area (Å²) in [4.78, 5) is 18.2. The fourth-order valence-electron chi connectivity index (χ4n) is 3.19. The van der Waals surface area contributed by atoms with Crippen LogP contribution in [0.2, 0.25) is 0 Å². The van der Waals surface area contributed by atoms with Gasteiger partial charge in [0, 0.05) is 50.1 Å². The Bertz CT molecular complexity index is 710. The molecule has 0 radical (unpaired) electrons. The van der Waals surface area contributed by atoms with E-state index < -0.39 is 0 Å². The first-order chi connectivity index (χ1) is 12.3. The Morgan fingerprint density at radius 2 is 2.04 bits per heavy atom. The monoisotopic (exact) mass is 339 g/mol. The molecule has 7 nitrogen and oxygen atoms in total. The summed E-state index contributed by atoms with van der Waals surface area (Å²) in [6.07, 6.45) is 4.33. The minimum Gasteiger partial charge on any atom is -0.381 e. The number of ether oxygens (including phenoxy) is 1. The lowest BCUT2D eigenvalue weighted by atomic mass is 9.99. The second-order valence-corrected chi connectivity index (χ2v) is 6.59. The molecule has 1 N–H and O–H groups in total. The van der Waals surface area contributed by atoms with E-state index in [-0.39, 0.29) is 11.8 Å². The Labute approximate surface area is 146 Å². The van der Waals surface area contributed by atoms with Crippen LogP contribution >= 0.6 is 0 Å². The van der Waals surface area contributed by atoms with E-state index in [1.165, 1.54) is 0 Å². The number of hydrogen-bond acceptors (Lipinski definition) is 6. The highest BCUT2D eigenvalue weighted by atomic mass is 16.5. The number of rotatable bonds is 5. The van der Waals surface area contributed by atoms with Gasteiger partial charge in [-0.2, -0.15) is 0 Å². The van der Waals surface area contributed by atoms with Crippen molar-refractivity contribution in [1.82, 2.24) is 20.5 Å². The minimum atomic E-state index is 0.0303. The van der Waals surface area contributed by atoms with E-state index in [0.717, 1.165) is 36.6 Å². The molecule has 2 fully saturated rings. The van der Waals surface area contributed by atoms with Crippen molar-refractivity contribution in [2.45, 2.75) is 6.42 Å². The molecule has 1 atom stereocenters. The van der Waals surface area contributed by atoms with Gasteiger partial charge in [-0.25, -0.2) is 0 Å². The lowest BCUT2D eigenvalue weighted by Crippen LogP contribution is -2.52. The number of hydrogen-bond donors (Lipinski definition) is 1. The maximum absolute atomic E-state index is 12.0. The van der Waals surface area contributed by atoms with Crippen LogP contribution in [0.5, 0.6) is 0 Å². The molecule has 1 unspecified atom stereocenters. The van der Waals surface area contributed by atoms with E-state index in [1.807, 2.05) is 24.3 Å². The number of amides is 1. The van der Waals surface area contributed by atoms with Crippen LogP contribution in [0.15, 0.2) is 36.7 Å². The summed E-state index contributed by atoms with van der Waals surface area (Å²) in [5.41, 5.74) is 1.85. The van der Waals surface area contributed by atoms with Crippen molar-refractivity contribution in [3.63, 3.8) is 0 Å². The van der Waals surface area contributed by atoms with E-state index in [4.69, 9.17) is 4.74 Å². The molecule has 2 aromatic heterocycles. The van der Waals surface area contributed by atoms with Crippen molar-refractivity contribution in [3.05, 3.63) is 36.7 Å². The summed E-state index contributed by atoms with van der Waals surface area (Å²) in [6, 6.07) is 7.81. The van der Waals surface area contributed by atoms with Crippen LogP contribution in [-0.2, 0) is 9.53 Å². The molecule has 4 heterocycles. The number of carbonyl (C=O) groups is 1. The molecule has 2 aliphatic heterocycles. The van der Waals surface area contributed by atoms with E-state index in [2.05, 4.69) is 25.4 Å².